The average molecular weight is 582 g/mol. The summed E-state index contributed by atoms with van der Waals surface area (Å²) < 4.78 is 6.53. The second kappa shape index (κ2) is 11.4. The molecule has 0 unspecified atom stereocenters. The predicted octanol–water partition coefficient (Wildman–Crippen LogP) is 6.26. The highest BCUT2D eigenvalue weighted by atomic mass is 79.9. The van der Waals surface area contributed by atoms with E-state index in [1.165, 1.54) is 36.0 Å². The number of carboxylic acid groups (broad SMARTS) is 1. The zero-order valence-electron chi connectivity index (χ0n) is 19.5. The van der Waals surface area contributed by atoms with Crippen molar-refractivity contribution in [2.75, 3.05) is 6.54 Å². The first-order valence-electron chi connectivity index (χ1n) is 11.0. The number of amides is 1. The van der Waals surface area contributed by atoms with E-state index in [2.05, 4.69) is 20.9 Å². The molecule has 1 aliphatic heterocycles. The SMILES string of the molecule is CCN1C(=O)/C(=C/c2ccc(OCc3ccc([N+](=O)[O-])cc3)c(Br)c2)SC1=Nc1ccc(C(=O)O)cc1. The normalized spacial score (nSPS) is 15.4. The Labute approximate surface area is 224 Å². The minimum Gasteiger partial charge on any atom is -0.488 e. The lowest BCUT2D eigenvalue weighted by Crippen LogP contribution is -2.28. The third-order valence-electron chi connectivity index (χ3n) is 5.34. The molecule has 3 aromatic rings. The van der Waals surface area contributed by atoms with Gasteiger partial charge >= 0.3 is 5.97 Å². The Morgan fingerprint density at radius 2 is 1.86 bits per heavy atom. The van der Waals surface area contributed by atoms with Crippen molar-refractivity contribution >= 4 is 62.2 Å². The molecule has 1 aliphatic rings. The van der Waals surface area contributed by atoms with E-state index in [1.807, 2.05) is 19.1 Å². The van der Waals surface area contributed by atoms with Crippen molar-refractivity contribution in [3.8, 4) is 5.75 Å². The number of carbonyl (C=O) groups excluding carboxylic acids is 1. The van der Waals surface area contributed by atoms with Gasteiger partial charge in [0, 0.05) is 18.7 Å². The van der Waals surface area contributed by atoms with Gasteiger partial charge < -0.3 is 9.84 Å². The molecule has 4 rings (SSSR count). The second-order valence-corrected chi connectivity index (χ2v) is 9.67. The quantitative estimate of drug-likeness (QED) is 0.189. The Morgan fingerprint density at radius 3 is 2.46 bits per heavy atom. The fourth-order valence-corrected chi connectivity index (χ4v) is 4.98. The maximum absolute atomic E-state index is 13.0. The number of carbonyl (C=O) groups is 2. The van der Waals surface area contributed by atoms with Gasteiger partial charge in [0.1, 0.15) is 12.4 Å². The molecule has 11 heteroatoms. The monoisotopic (exact) mass is 581 g/mol. The van der Waals surface area contributed by atoms with E-state index in [9.17, 15) is 19.7 Å². The molecule has 9 nitrogen and oxygen atoms in total. The van der Waals surface area contributed by atoms with Crippen LogP contribution in [-0.4, -0.2) is 38.5 Å². The van der Waals surface area contributed by atoms with Gasteiger partial charge in [-0.05, 0) is 100 Å². The molecule has 1 heterocycles. The van der Waals surface area contributed by atoms with Crippen molar-refractivity contribution in [2.45, 2.75) is 13.5 Å². The van der Waals surface area contributed by atoms with E-state index in [4.69, 9.17) is 9.84 Å². The molecule has 3 aromatic carbocycles. The minimum absolute atomic E-state index is 0.0209. The first-order valence-corrected chi connectivity index (χ1v) is 12.6. The van der Waals surface area contributed by atoms with Crippen LogP contribution < -0.4 is 4.74 Å². The Kier molecular flexibility index (Phi) is 8.04. The summed E-state index contributed by atoms with van der Waals surface area (Å²) in [4.78, 5) is 41.0. The molecule has 1 saturated heterocycles. The van der Waals surface area contributed by atoms with Crippen LogP contribution in [0.3, 0.4) is 0 Å². The number of aromatic carboxylic acids is 1. The number of nitro groups is 1. The molecule has 1 amide bonds. The Morgan fingerprint density at radius 1 is 1.16 bits per heavy atom. The molecule has 0 bridgehead atoms. The van der Waals surface area contributed by atoms with Crippen molar-refractivity contribution in [2.24, 2.45) is 4.99 Å². The van der Waals surface area contributed by atoms with Gasteiger partial charge in [-0.2, -0.15) is 0 Å². The number of halogens is 1. The zero-order valence-corrected chi connectivity index (χ0v) is 21.9. The number of hydrogen-bond donors (Lipinski definition) is 1. The molecule has 0 radical (unpaired) electrons. The van der Waals surface area contributed by atoms with Crippen LogP contribution in [-0.2, 0) is 11.4 Å². The van der Waals surface area contributed by atoms with Crippen LogP contribution in [0.15, 0.2) is 81.1 Å². The summed E-state index contributed by atoms with van der Waals surface area (Å²) in [7, 11) is 0. The van der Waals surface area contributed by atoms with Crippen molar-refractivity contribution in [3.63, 3.8) is 0 Å². The van der Waals surface area contributed by atoms with E-state index < -0.39 is 10.9 Å². The van der Waals surface area contributed by atoms with Crippen LogP contribution in [0.4, 0.5) is 11.4 Å². The van der Waals surface area contributed by atoms with Crippen molar-refractivity contribution in [1.82, 2.24) is 4.90 Å². The van der Waals surface area contributed by atoms with Gasteiger partial charge in [0.25, 0.3) is 11.6 Å². The second-order valence-electron chi connectivity index (χ2n) is 7.81. The Balaban J connectivity index is 1.48. The van der Waals surface area contributed by atoms with Gasteiger partial charge in [-0.1, -0.05) is 6.07 Å². The van der Waals surface area contributed by atoms with Crippen LogP contribution in [0.1, 0.15) is 28.4 Å². The number of thioether (sulfide) groups is 1. The summed E-state index contributed by atoms with van der Waals surface area (Å²) in [6.07, 6.45) is 1.77. The predicted molar refractivity (Wildman–Crippen MR) is 145 cm³/mol. The lowest BCUT2D eigenvalue weighted by atomic mass is 10.2. The number of amidine groups is 1. The summed E-state index contributed by atoms with van der Waals surface area (Å²) in [6.45, 7) is 2.54. The zero-order chi connectivity index (χ0) is 26.5. The van der Waals surface area contributed by atoms with Gasteiger partial charge in [-0.15, -0.1) is 0 Å². The van der Waals surface area contributed by atoms with E-state index in [0.717, 1.165) is 11.1 Å². The number of likely N-dealkylation sites (N-methyl/N-ethyl adjacent to an activating group) is 1. The summed E-state index contributed by atoms with van der Waals surface area (Å²) in [5.74, 6) is -0.588. The highest BCUT2D eigenvalue weighted by molar-refractivity contribution is 9.10. The maximum atomic E-state index is 13.0. The van der Waals surface area contributed by atoms with E-state index >= 15 is 0 Å². The lowest BCUT2D eigenvalue weighted by molar-refractivity contribution is -0.384. The first kappa shape index (κ1) is 26.1. The van der Waals surface area contributed by atoms with Gasteiger partial charge in [0.2, 0.25) is 0 Å². The fraction of sp³-hybridized carbons (Fsp3) is 0.115. The van der Waals surface area contributed by atoms with E-state index in [-0.39, 0.29) is 23.8 Å². The third kappa shape index (κ3) is 6.25. The number of carboxylic acids is 1. The largest absolute Gasteiger partial charge is 0.488 e. The lowest BCUT2D eigenvalue weighted by Gasteiger charge is -2.12. The number of nitro benzene ring substituents is 1. The Bertz CT molecular complexity index is 1420. The van der Waals surface area contributed by atoms with Crippen LogP contribution >= 0.6 is 27.7 Å². The molecule has 1 fully saturated rings. The average Bonchev–Trinajstić information content (AvgIpc) is 3.17. The summed E-state index contributed by atoms with van der Waals surface area (Å²) >= 11 is 4.75. The van der Waals surface area contributed by atoms with E-state index in [1.54, 1.807) is 41.3 Å². The number of aliphatic imine (C=N–C) groups is 1. The molecular weight excluding hydrogens is 562 g/mol. The molecular formula is C26H20BrN3O6S. The van der Waals surface area contributed by atoms with Gasteiger partial charge in [0.05, 0.1) is 25.6 Å². The van der Waals surface area contributed by atoms with Crippen LogP contribution in [0.25, 0.3) is 6.08 Å². The number of rotatable bonds is 8. The maximum Gasteiger partial charge on any atom is 0.335 e. The fourth-order valence-electron chi connectivity index (χ4n) is 3.41. The smallest absolute Gasteiger partial charge is 0.335 e. The highest BCUT2D eigenvalue weighted by Gasteiger charge is 2.32. The molecule has 188 valence electrons. The molecule has 0 saturated carbocycles. The van der Waals surface area contributed by atoms with Gasteiger partial charge in [-0.3, -0.25) is 19.8 Å². The standard InChI is InChI=1S/C26H20BrN3O6S/c1-2-29-24(31)23(37-26(29)28-19-8-6-18(7-9-19)25(32)33)14-17-5-12-22(21(27)13-17)36-15-16-3-10-20(11-4-16)30(34)35/h3-14H,2,15H2,1H3,(H,32,33)/b23-14-,28-26?. The van der Waals surface area contributed by atoms with Crippen LogP contribution in [0, 0.1) is 10.1 Å². The molecule has 37 heavy (non-hydrogen) atoms. The number of benzene rings is 3. The Hall–Kier alpha value is -3.96. The number of hydrogen-bond acceptors (Lipinski definition) is 7. The molecule has 0 spiro atoms. The minimum atomic E-state index is -1.01. The highest BCUT2D eigenvalue weighted by Crippen LogP contribution is 2.35. The summed E-state index contributed by atoms with van der Waals surface area (Å²) in [5, 5.41) is 20.4. The van der Waals surface area contributed by atoms with E-state index in [0.29, 0.717) is 32.5 Å². The third-order valence-corrected chi connectivity index (χ3v) is 6.96. The molecule has 1 N–H and O–H groups in total. The van der Waals surface area contributed by atoms with Crippen LogP contribution in [0.5, 0.6) is 5.75 Å². The van der Waals surface area contributed by atoms with Crippen LogP contribution in [0.2, 0.25) is 0 Å². The summed E-state index contributed by atoms with van der Waals surface area (Å²) in [5.41, 5.74) is 2.32. The molecule has 0 atom stereocenters. The topological polar surface area (TPSA) is 122 Å². The molecule has 0 aromatic heterocycles. The van der Waals surface area contributed by atoms with Crippen molar-refractivity contribution in [3.05, 3.63) is 103 Å². The molecule has 0 aliphatic carbocycles. The first-order chi connectivity index (χ1) is 17.7. The van der Waals surface area contributed by atoms with Crippen molar-refractivity contribution < 1.29 is 24.4 Å². The van der Waals surface area contributed by atoms with Gasteiger partial charge in [-0.25, -0.2) is 9.79 Å². The number of non-ortho nitro benzene ring substituents is 1. The number of ether oxygens (including phenoxy) is 1. The van der Waals surface area contributed by atoms with Gasteiger partial charge in [0.15, 0.2) is 5.17 Å². The van der Waals surface area contributed by atoms with Crippen molar-refractivity contribution in [1.29, 1.82) is 0 Å². The number of nitrogens with zero attached hydrogens (tertiary/aromatic N) is 3. The summed E-state index contributed by atoms with van der Waals surface area (Å²) in [6, 6.07) is 17.7.